The molecule has 4 aromatic carbocycles. The highest BCUT2D eigenvalue weighted by molar-refractivity contribution is 5.99. The summed E-state index contributed by atoms with van der Waals surface area (Å²) in [5.74, 6) is -7.70. The lowest BCUT2D eigenvalue weighted by atomic mass is 9.97. The predicted molar refractivity (Wildman–Crippen MR) is 356 cm³/mol. The van der Waals surface area contributed by atoms with Crippen LogP contribution in [0.3, 0.4) is 0 Å². The number of aromatic hydroxyl groups is 1. The number of likely N-dealkylation sites (N-methyl/N-ethyl adjacent to an activating group) is 1. The predicted octanol–water partition coefficient (Wildman–Crippen LogP) is 3.54. The summed E-state index contributed by atoms with van der Waals surface area (Å²) in [5.41, 5.74) is 7.57. The second-order valence-corrected chi connectivity index (χ2v) is 24.9. The molecule has 0 radical (unpaired) electrons. The van der Waals surface area contributed by atoms with Crippen LogP contribution in [-0.4, -0.2) is 172 Å². The fourth-order valence-corrected chi connectivity index (χ4v) is 11.3. The van der Waals surface area contributed by atoms with E-state index in [1.807, 2.05) is 58.0 Å². The van der Waals surface area contributed by atoms with Crippen molar-refractivity contribution in [2.45, 2.75) is 172 Å². The molecular weight excluding hydrogens is 1220 g/mol. The Morgan fingerprint density at radius 1 is 0.674 bits per heavy atom. The molecule has 95 heavy (non-hydrogen) atoms. The van der Waals surface area contributed by atoms with Gasteiger partial charge in [-0.15, -0.1) is 0 Å². The number of aromatic nitrogens is 1. The van der Waals surface area contributed by atoms with Crippen LogP contribution in [0.1, 0.15) is 126 Å². The molecule has 10 amide bonds. The number of aliphatic hydroxyl groups is 1. The van der Waals surface area contributed by atoms with Crippen molar-refractivity contribution < 1.29 is 62.5 Å². The van der Waals surface area contributed by atoms with Gasteiger partial charge in [0.2, 0.25) is 53.2 Å². The summed E-state index contributed by atoms with van der Waals surface area (Å²) in [4.78, 5) is 147. The van der Waals surface area contributed by atoms with Crippen molar-refractivity contribution in [1.82, 2.24) is 57.3 Å². The van der Waals surface area contributed by atoms with E-state index in [0.29, 0.717) is 60.9 Å². The molecule has 0 bridgehead atoms. The summed E-state index contributed by atoms with van der Waals surface area (Å²) in [6, 6.07) is 17.5. The van der Waals surface area contributed by atoms with E-state index in [4.69, 9.17) is 5.73 Å². The van der Waals surface area contributed by atoms with Crippen molar-refractivity contribution in [3.63, 3.8) is 0 Å². The molecule has 1 aliphatic heterocycles. The summed E-state index contributed by atoms with van der Waals surface area (Å²) >= 11 is 0. The minimum absolute atomic E-state index is 0.0436. The van der Waals surface area contributed by atoms with E-state index in [0.717, 1.165) is 15.7 Å². The van der Waals surface area contributed by atoms with E-state index in [1.54, 1.807) is 36.4 Å². The Labute approximate surface area is 554 Å². The van der Waals surface area contributed by atoms with Crippen LogP contribution in [0.4, 0.5) is 4.39 Å². The summed E-state index contributed by atoms with van der Waals surface area (Å²) < 4.78 is 13.7. The number of unbranched alkanes of at least 4 members (excludes halogenated alkanes) is 2. The van der Waals surface area contributed by atoms with E-state index in [-0.39, 0.29) is 88.1 Å². The first-order valence-corrected chi connectivity index (χ1v) is 32.6. The monoisotopic (exact) mass is 1310 g/mol. The zero-order chi connectivity index (χ0) is 69.1. The van der Waals surface area contributed by atoms with Crippen molar-refractivity contribution in [1.29, 1.82) is 0 Å². The summed E-state index contributed by atoms with van der Waals surface area (Å²) in [6.07, 6.45) is 5.38. The number of phenolic OH excluding ortho intramolecular Hbond substituents is 1. The van der Waals surface area contributed by atoms with Crippen molar-refractivity contribution in [3.05, 3.63) is 144 Å². The number of halogens is 1. The Balaban J connectivity index is 1.27. The molecule has 6 rings (SSSR count). The van der Waals surface area contributed by atoms with Crippen molar-refractivity contribution in [3.8, 4) is 5.75 Å². The fourth-order valence-electron chi connectivity index (χ4n) is 11.3. The molecule has 5 aromatic rings. The van der Waals surface area contributed by atoms with Gasteiger partial charge in [0.15, 0.2) is 0 Å². The van der Waals surface area contributed by atoms with Crippen LogP contribution in [0.15, 0.2) is 116 Å². The zero-order valence-corrected chi connectivity index (χ0v) is 55.0. The number of nitrogens with zero attached hydrogens (tertiary/aromatic N) is 3. The topological polar surface area (TPSA) is 353 Å². The average Bonchev–Trinajstić information content (AvgIpc) is 1.81. The number of fused-ring (bicyclic) bond motifs is 1. The molecule has 1 aliphatic rings. The molecule has 12 N–H and O–H groups in total. The van der Waals surface area contributed by atoms with Gasteiger partial charge in [0.05, 0.1) is 12.2 Å². The van der Waals surface area contributed by atoms with Gasteiger partial charge in [-0.2, -0.15) is 0 Å². The molecule has 512 valence electrons. The highest BCUT2D eigenvalue weighted by atomic mass is 19.1. The number of aryl methyl sites for hydroxylation is 1. The van der Waals surface area contributed by atoms with E-state index >= 15 is 9.59 Å². The largest absolute Gasteiger partial charge is 0.508 e. The van der Waals surface area contributed by atoms with Gasteiger partial charge in [-0.3, -0.25) is 52.9 Å². The highest BCUT2D eigenvalue weighted by Gasteiger charge is 2.40. The Bertz CT molecular complexity index is 3390. The molecular formula is C70H93FN12O12. The first-order chi connectivity index (χ1) is 45.4. The zero-order valence-electron chi connectivity index (χ0n) is 55.0. The van der Waals surface area contributed by atoms with Gasteiger partial charge in [-0.1, -0.05) is 94.4 Å². The minimum Gasteiger partial charge on any atom is -0.508 e. The summed E-state index contributed by atoms with van der Waals surface area (Å²) in [7, 11) is 1.28. The Kier molecular flexibility index (Phi) is 29.5. The first kappa shape index (κ1) is 74.7. The van der Waals surface area contributed by atoms with E-state index in [2.05, 4.69) is 47.5 Å². The maximum absolute atomic E-state index is 15.2. The molecule has 1 fully saturated rings. The van der Waals surface area contributed by atoms with Crippen LogP contribution in [0.2, 0.25) is 0 Å². The third-order valence-electron chi connectivity index (χ3n) is 16.6. The number of rotatable bonds is 37. The molecule has 2 heterocycles. The maximum atomic E-state index is 15.2. The molecule has 0 saturated carbocycles. The van der Waals surface area contributed by atoms with Gasteiger partial charge in [-0.05, 0) is 147 Å². The standard InChI is InChI=1S/C70H93FN12O12/c1-43(2)38-56(65(90)79-55(22-10-11-35-74-44(3)4)70(95)83-37-15-23-59(83)67(92)76-45(5)62(72)87)80-64(89)54(21-9-12-36-75-63(88)50-19-14-34-73-41-50)78-68(93)60(39-47-26-31-52(85)32-27-47)82(6)69(94)58(42-84)81-66(91)57(40-49-18-13-17-48-16-7-8-20-53(48)49)77-61(86)33-28-46-24-29-51(71)30-25-46/h7-8,13-14,16-20,24-27,29-32,34,41,43-45,54-60,74,84-85H,9-12,15,21-23,28,33,35-40,42H2,1-6H3,(H2,72,87)(H,75,88)(H,76,92)(H,77,86)(H,78,93)(H,79,90)(H,80,89)(H,81,91)/t45-,54-,55+,56+,57+,58+,59-,60+/m1/s1. The lowest BCUT2D eigenvalue weighted by molar-refractivity contribution is -0.144. The van der Waals surface area contributed by atoms with Crippen LogP contribution in [0.25, 0.3) is 10.8 Å². The van der Waals surface area contributed by atoms with Crippen molar-refractivity contribution in [2.75, 3.05) is 33.3 Å². The SMILES string of the molecule is CC(C)C[C@H](NC(=O)[C@@H](CCCCNC(=O)c1cccnc1)NC(=O)[C@H](Cc1ccc(O)cc1)N(C)C(=O)[C@H](CO)NC(=O)[C@H](Cc1cccc2ccccc12)NC(=O)CCc1ccc(F)cc1)C(=O)N[C@@H](CCCCNC(C)C)C(=O)N1CCC[C@@H]1C(=O)N[C@H](C)C(N)=O. The van der Waals surface area contributed by atoms with Gasteiger partial charge in [-0.25, -0.2) is 4.39 Å². The number of carbonyl (C=O) groups excluding carboxylic acids is 10. The lowest BCUT2D eigenvalue weighted by Crippen LogP contribution is -2.61. The number of aliphatic hydroxyl groups excluding tert-OH is 1. The Morgan fingerprint density at radius 3 is 1.98 bits per heavy atom. The van der Waals surface area contributed by atoms with Crippen LogP contribution in [-0.2, 0) is 62.4 Å². The van der Waals surface area contributed by atoms with Crippen molar-refractivity contribution in [2.24, 2.45) is 11.7 Å². The molecule has 0 spiro atoms. The number of primary amides is 1. The third-order valence-corrected chi connectivity index (χ3v) is 16.6. The van der Waals surface area contributed by atoms with E-state index in [9.17, 15) is 53.0 Å². The molecule has 0 unspecified atom stereocenters. The molecule has 0 aliphatic carbocycles. The average molecular weight is 1310 g/mol. The number of hydrogen-bond acceptors (Lipinski definition) is 14. The van der Waals surface area contributed by atoms with Gasteiger partial charge >= 0.3 is 0 Å². The number of benzene rings is 4. The van der Waals surface area contributed by atoms with E-state index < -0.39 is 114 Å². The molecule has 24 nitrogen and oxygen atoms in total. The lowest BCUT2D eigenvalue weighted by Gasteiger charge is -2.33. The maximum Gasteiger partial charge on any atom is 0.252 e. The molecule has 1 aromatic heterocycles. The van der Waals surface area contributed by atoms with Gasteiger partial charge in [0.25, 0.3) is 5.91 Å². The fraction of sp³-hybridized carbons (Fsp3) is 0.471. The number of likely N-dealkylation sites (tertiary alicyclic amines) is 1. The van der Waals surface area contributed by atoms with Crippen molar-refractivity contribution >= 4 is 69.8 Å². The number of carbonyl (C=O) groups is 10. The normalized spacial score (nSPS) is 15.1. The van der Waals surface area contributed by atoms with Crippen LogP contribution < -0.4 is 48.3 Å². The van der Waals surface area contributed by atoms with E-state index in [1.165, 1.54) is 67.7 Å². The van der Waals surface area contributed by atoms with Crippen LogP contribution >= 0.6 is 0 Å². The second-order valence-electron chi connectivity index (χ2n) is 24.9. The second kappa shape index (κ2) is 37.5. The molecule has 8 atom stereocenters. The Morgan fingerprint density at radius 2 is 1.31 bits per heavy atom. The minimum atomic E-state index is -1.70. The van der Waals surface area contributed by atoms with Gasteiger partial charge < -0.3 is 68.3 Å². The molecule has 25 heteroatoms. The number of nitrogens with two attached hydrogens (primary N) is 1. The van der Waals surface area contributed by atoms with Crippen LogP contribution in [0, 0.1) is 11.7 Å². The number of amides is 10. The van der Waals surface area contributed by atoms with Gasteiger partial charge in [0, 0.05) is 57.8 Å². The quantitative estimate of drug-likeness (QED) is 0.0254. The van der Waals surface area contributed by atoms with Gasteiger partial charge in [0.1, 0.15) is 59.9 Å². The summed E-state index contributed by atoms with van der Waals surface area (Å²) in [5, 5.41) is 45.6. The first-order valence-electron chi connectivity index (χ1n) is 32.6. The smallest absolute Gasteiger partial charge is 0.252 e. The number of hydrogen-bond donors (Lipinski definition) is 11. The number of pyridine rings is 1. The van der Waals surface area contributed by atoms with Crippen LogP contribution in [0.5, 0.6) is 5.75 Å². The third kappa shape index (κ3) is 23.6. The highest BCUT2D eigenvalue weighted by Crippen LogP contribution is 2.23. The Hall–Kier alpha value is -9.36. The molecule has 1 saturated heterocycles. The number of phenols is 1. The summed E-state index contributed by atoms with van der Waals surface area (Å²) in [6.45, 7) is 9.11. The number of nitrogens with one attached hydrogen (secondary N) is 8.